The first-order valence-corrected chi connectivity index (χ1v) is 14.1. The van der Waals surface area contributed by atoms with Gasteiger partial charge in [0, 0.05) is 6.61 Å². The van der Waals surface area contributed by atoms with Crippen molar-refractivity contribution in [2.75, 3.05) is 6.61 Å². The molecule has 1 atom stereocenters. The van der Waals surface area contributed by atoms with E-state index in [1.54, 1.807) is 0 Å². The Morgan fingerprint density at radius 1 is 0.552 bits per heavy atom. The minimum atomic E-state index is -3.91. The average Bonchev–Trinajstić information content (AvgIpc) is 2.68. The summed E-state index contributed by atoms with van der Waals surface area (Å²) in [7, 11) is -3.91. The number of aliphatic hydroxyl groups is 1. The number of rotatable bonds is 23. The molecule has 0 bridgehead atoms. The molecule has 1 unspecified atom stereocenters. The monoisotopic (exact) mass is 434 g/mol. The van der Waals surface area contributed by atoms with E-state index in [2.05, 4.69) is 6.92 Å². The van der Waals surface area contributed by atoms with Crippen molar-refractivity contribution in [2.24, 2.45) is 0 Å². The lowest BCUT2D eigenvalue weighted by molar-refractivity contribution is 0.282. The van der Waals surface area contributed by atoms with Crippen LogP contribution < -0.4 is 0 Å². The summed E-state index contributed by atoms with van der Waals surface area (Å²) in [5.41, 5.74) is 0. The highest BCUT2D eigenvalue weighted by molar-refractivity contribution is 7.86. The van der Waals surface area contributed by atoms with Gasteiger partial charge in [0.1, 0.15) is 0 Å². The van der Waals surface area contributed by atoms with E-state index < -0.39 is 15.4 Å². The first-order chi connectivity index (χ1) is 14.0. The Labute approximate surface area is 182 Å². The third-order valence-corrected chi connectivity index (χ3v) is 7.30. The molecule has 2 N–H and O–H groups in total. The highest BCUT2D eigenvalue weighted by Crippen LogP contribution is 2.19. The van der Waals surface area contributed by atoms with Gasteiger partial charge in [-0.15, -0.1) is 0 Å². The number of unbranched alkanes of at least 4 members (excludes halogenated alkanes) is 17. The van der Waals surface area contributed by atoms with Crippen LogP contribution in [-0.4, -0.2) is 29.9 Å². The van der Waals surface area contributed by atoms with Gasteiger partial charge in [-0.25, -0.2) is 0 Å². The lowest BCUT2D eigenvalue weighted by Crippen LogP contribution is -2.20. The van der Waals surface area contributed by atoms with Gasteiger partial charge in [-0.3, -0.25) is 4.55 Å². The maximum Gasteiger partial charge on any atom is 0.267 e. The summed E-state index contributed by atoms with van der Waals surface area (Å²) in [6, 6.07) is 0. The molecule has 0 spiro atoms. The van der Waals surface area contributed by atoms with Crippen molar-refractivity contribution in [3.63, 3.8) is 0 Å². The molecule has 0 aliphatic heterocycles. The molecule has 0 fully saturated rings. The maximum atomic E-state index is 11.7. The van der Waals surface area contributed by atoms with E-state index in [9.17, 15) is 13.0 Å². The molecule has 0 rings (SSSR count). The molecule has 4 nitrogen and oxygen atoms in total. The predicted molar refractivity (Wildman–Crippen MR) is 125 cm³/mol. The Morgan fingerprint density at radius 3 is 1.17 bits per heavy atom. The van der Waals surface area contributed by atoms with Gasteiger partial charge in [0.2, 0.25) is 0 Å². The van der Waals surface area contributed by atoms with Crippen molar-refractivity contribution >= 4 is 10.1 Å². The van der Waals surface area contributed by atoms with Crippen LogP contribution in [0, 0.1) is 0 Å². The summed E-state index contributed by atoms with van der Waals surface area (Å²) in [4.78, 5) is 0. The second-order valence-electron chi connectivity index (χ2n) is 8.80. The summed E-state index contributed by atoms with van der Waals surface area (Å²) in [5.74, 6) is 0. The molecule has 0 aromatic carbocycles. The van der Waals surface area contributed by atoms with Crippen LogP contribution in [0.5, 0.6) is 0 Å². The van der Waals surface area contributed by atoms with Gasteiger partial charge in [-0.05, 0) is 19.3 Å². The molecule has 0 saturated carbocycles. The van der Waals surface area contributed by atoms with Crippen molar-refractivity contribution in [1.82, 2.24) is 0 Å². The fourth-order valence-corrected chi connectivity index (χ4v) is 4.95. The number of aliphatic hydroxyl groups excluding tert-OH is 1. The van der Waals surface area contributed by atoms with Gasteiger partial charge >= 0.3 is 0 Å². The SMILES string of the molecule is CCCCCCCCCCCCC(CCCCCCCCCCCO)S(=O)(=O)O. The van der Waals surface area contributed by atoms with Crippen LogP contribution in [0.2, 0.25) is 0 Å². The highest BCUT2D eigenvalue weighted by Gasteiger charge is 2.21. The van der Waals surface area contributed by atoms with Crippen molar-refractivity contribution in [3.8, 4) is 0 Å². The van der Waals surface area contributed by atoms with Crippen LogP contribution in [0.25, 0.3) is 0 Å². The number of hydrogen-bond acceptors (Lipinski definition) is 3. The van der Waals surface area contributed by atoms with Crippen molar-refractivity contribution < 1.29 is 18.1 Å². The zero-order chi connectivity index (χ0) is 21.6. The van der Waals surface area contributed by atoms with Crippen LogP contribution in [0.3, 0.4) is 0 Å². The number of hydrogen-bond donors (Lipinski definition) is 2. The van der Waals surface area contributed by atoms with Gasteiger partial charge < -0.3 is 5.11 Å². The maximum absolute atomic E-state index is 11.7. The van der Waals surface area contributed by atoms with Crippen LogP contribution >= 0.6 is 0 Å². The molecule has 176 valence electrons. The molecule has 5 heteroatoms. The molecule has 0 aromatic rings. The Hall–Kier alpha value is -0.130. The largest absolute Gasteiger partial charge is 0.396 e. The molecule has 0 aromatic heterocycles. The first kappa shape index (κ1) is 28.9. The summed E-state index contributed by atoms with van der Waals surface area (Å²) in [5, 5.41) is 8.18. The second-order valence-corrected chi connectivity index (χ2v) is 10.5. The van der Waals surface area contributed by atoms with Crippen LogP contribution in [0.15, 0.2) is 0 Å². The van der Waals surface area contributed by atoms with Crippen LogP contribution in [-0.2, 0) is 10.1 Å². The van der Waals surface area contributed by atoms with Crippen molar-refractivity contribution in [3.05, 3.63) is 0 Å². The Morgan fingerprint density at radius 2 is 0.862 bits per heavy atom. The summed E-state index contributed by atoms with van der Waals surface area (Å²) in [6.45, 7) is 2.54. The molecular weight excluding hydrogens is 384 g/mol. The minimum Gasteiger partial charge on any atom is -0.396 e. The Balaban J connectivity index is 3.63. The topological polar surface area (TPSA) is 74.6 Å². The van der Waals surface area contributed by atoms with Crippen molar-refractivity contribution in [1.29, 1.82) is 0 Å². The quantitative estimate of drug-likeness (QED) is 0.129. The van der Waals surface area contributed by atoms with E-state index in [1.807, 2.05) is 0 Å². The lowest BCUT2D eigenvalue weighted by atomic mass is 10.0. The molecule has 0 radical (unpaired) electrons. The van der Waals surface area contributed by atoms with Gasteiger partial charge in [0.25, 0.3) is 10.1 Å². The van der Waals surface area contributed by atoms with E-state index in [4.69, 9.17) is 5.11 Å². The van der Waals surface area contributed by atoms with Crippen molar-refractivity contribution in [2.45, 2.75) is 147 Å². The molecular formula is C24H50O4S. The standard InChI is InChI=1S/C24H50O4S/c1-2-3-4-5-6-7-9-12-15-18-21-24(29(26,27)28)22-19-16-13-10-8-11-14-17-20-23-25/h24-25H,2-23H2,1H3,(H,26,27,28). The highest BCUT2D eigenvalue weighted by atomic mass is 32.2. The van der Waals surface area contributed by atoms with E-state index in [0.717, 1.165) is 44.9 Å². The molecule has 0 aliphatic carbocycles. The van der Waals surface area contributed by atoms with Gasteiger partial charge in [-0.1, -0.05) is 122 Å². The van der Waals surface area contributed by atoms with Crippen LogP contribution in [0.4, 0.5) is 0 Å². The van der Waals surface area contributed by atoms with Gasteiger partial charge in [0.05, 0.1) is 5.25 Å². The normalized spacial score (nSPS) is 13.1. The van der Waals surface area contributed by atoms with E-state index in [1.165, 1.54) is 77.0 Å². The zero-order valence-electron chi connectivity index (χ0n) is 19.3. The molecule has 0 heterocycles. The smallest absolute Gasteiger partial charge is 0.267 e. The molecule has 0 saturated heterocycles. The van der Waals surface area contributed by atoms with Crippen LogP contribution in [0.1, 0.15) is 142 Å². The predicted octanol–water partition coefficient (Wildman–Crippen LogP) is 7.45. The third-order valence-electron chi connectivity index (χ3n) is 5.99. The average molecular weight is 435 g/mol. The lowest BCUT2D eigenvalue weighted by Gasteiger charge is -2.13. The molecule has 0 amide bonds. The Bertz CT molecular complexity index is 399. The first-order valence-electron chi connectivity index (χ1n) is 12.6. The van der Waals surface area contributed by atoms with E-state index in [-0.39, 0.29) is 0 Å². The van der Waals surface area contributed by atoms with E-state index >= 15 is 0 Å². The van der Waals surface area contributed by atoms with Gasteiger partial charge in [0.15, 0.2) is 0 Å². The zero-order valence-corrected chi connectivity index (χ0v) is 20.1. The third kappa shape index (κ3) is 20.9. The molecule has 0 aliphatic rings. The second kappa shape index (κ2) is 21.1. The fraction of sp³-hybridized carbons (Fsp3) is 1.00. The summed E-state index contributed by atoms with van der Waals surface area (Å²) >= 11 is 0. The van der Waals surface area contributed by atoms with Gasteiger partial charge in [-0.2, -0.15) is 8.42 Å². The van der Waals surface area contributed by atoms with E-state index in [0.29, 0.717) is 19.4 Å². The fourth-order valence-electron chi connectivity index (χ4n) is 4.02. The minimum absolute atomic E-state index is 0.300. The summed E-state index contributed by atoms with van der Waals surface area (Å²) < 4.78 is 32.8. The Kier molecular flexibility index (Phi) is 21.0. The molecule has 29 heavy (non-hydrogen) atoms. The summed E-state index contributed by atoms with van der Waals surface area (Å²) in [6.07, 6.45) is 23.6.